The second-order valence-corrected chi connectivity index (χ2v) is 9.99. The molecular formula is C24H24N2O2S2. The highest BCUT2D eigenvalue weighted by Crippen LogP contribution is 2.35. The van der Waals surface area contributed by atoms with E-state index in [1.165, 1.54) is 33.6 Å². The molecule has 5 rings (SSSR count). The summed E-state index contributed by atoms with van der Waals surface area (Å²) in [5.74, 6) is 1.55. The van der Waals surface area contributed by atoms with Crippen LogP contribution in [0.4, 0.5) is 0 Å². The highest BCUT2D eigenvalue weighted by molar-refractivity contribution is 7.98. The second-order valence-electron chi connectivity index (χ2n) is 7.96. The van der Waals surface area contributed by atoms with Crippen molar-refractivity contribution < 1.29 is 4.42 Å². The van der Waals surface area contributed by atoms with Crippen molar-refractivity contribution in [1.29, 1.82) is 0 Å². The summed E-state index contributed by atoms with van der Waals surface area (Å²) in [5, 5.41) is 1.59. The van der Waals surface area contributed by atoms with Gasteiger partial charge in [0.25, 0.3) is 5.56 Å². The van der Waals surface area contributed by atoms with Crippen molar-refractivity contribution in [2.75, 3.05) is 0 Å². The Bertz CT molecular complexity index is 1270. The Morgan fingerprint density at radius 2 is 2.03 bits per heavy atom. The number of aryl methyl sites for hydroxylation is 4. The van der Waals surface area contributed by atoms with E-state index in [1.54, 1.807) is 33.9 Å². The van der Waals surface area contributed by atoms with Gasteiger partial charge in [-0.05, 0) is 73.9 Å². The summed E-state index contributed by atoms with van der Waals surface area (Å²) < 4.78 is 7.35. The van der Waals surface area contributed by atoms with Gasteiger partial charge in [0.05, 0.1) is 18.2 Å². The molecule has 0 atom stereocenters. The summed E-state index contributed by atoms with van der Waals surface area (Å²) in [4.78, 5) is 20.8. The van der Waals surface area contributed by atoms with Crippen LogP contribution < -0.4 is 5.56 Å². The van der Waals surface area contributed by atoms with Gasteiger partial charge in [-0.3, -0.25) is 9.36 Å². The van der Waals surface area contributed by atoms with E-state index < -0.39 is 0 Å². The van der Waals surface area contributed by atoms with E-state index in [9.17, 15) is 4.79 Å². The van der Waals surface area contributed by atoms with Gasteiger partial charge in [0.2, 0.25) is 0 Å². The van der Waals surface area contributed by atoms with E-state index in [2.05, 4.69) is 32.0 Å². The molecule has 0 amide bonds. The number of hydrogen-bond acceptors (Lipinski definition) is 5. The van der Waals surface area contributed by atoms with Gasteiger partial charge >= 0.3 is 0 Å². The first kappa shape index (κ1) is 19.6. The van der Waals surface area contributed by atoms with Crippen molar-refractivity contribution in [2.24, 2.45) is 0 Å². The lowest BCUT2D eigenvalue weighted by atomic mass is 9.97. The molecule has 3 heterocycles. The van der Waals surface area contributed by atoms with Crippen LogP contribution in [0.3, 0.4) is 0 Å². The van der Waals surface area contributed by atoms with E-state index in [4.69, 9.17) is 9.40 Å². The van der Waals surface area contributed by atoms with Gasteiger partial charge < -0.3 is 4.42 Å². The lowest BCUT2D eigenvalue weighted by molar-refractivity contribution is 0.476. The van der Waals surface area contributed by atoms with Gasteiger partial charge in [0.15, 0.2) is 5.16 Å². The first-order valence-electron chi connectivity index (χ1n) is 10.4. The number of hydrogen-bond donors (Lipinski definition) is 0. The molecule has 0 fully saturated rings. The maximum Gasteiger partial charge on any atom is 0.263 e. The Kier molecular flexibility index (Phi) is 5.29. The van der Waals surface area contributed by atoms with Crippen LogP contribution in [0.2, 0.25) is 0 Å². The molecule has 4 aromatic rings. The van der Waals surface area contributed by atoms with Crippen LogP contribution in [0.15, 0.2) is 51.0 Å². The van der Waals surface area contributed by atoms with Crippen LogP contribution in [0, 0.1) is 13.8 Å². The minimum absolute atomic E-state index is 0.0680. The molecule has 0 radical (unpaired) electrons. The molecule has 0 N–H and O–H groups in total. The predicted molar refractivity (Wildman–Crippen MR) is 124 cm³/mol. The Morgan fingerprint density at radius 1 is 1.17 bits per heavy atom. The first-order chi connectivity index (χ1) is 14.6. The summed E-state index contributed by atoms with van der Waals surface area (Å²) >= 11 is 3.34. The van der Waals surface area contributed by atoms with Crippen molar-refractivity contribution in [2.45, 2.75) is 57.0 Å². The Hall–Kier alpha value is -2.31. The number of thioether (sulfide) groups is 1. The quantitative estimate of drug-likeness (QED) is 0.289. The van der Waals surface area contributed by atoms with Crippen LogP contribution in [0.5, 0.6) is 0 Å². The molecule has 6 heteroatoms. The summed E-state index contributed by atoms with van der Waals surface area (Å²) in [7, 11) is 0. The zero-order valence-electron chi connectivity index (χ0n) is 17.2. The van der Waals surface area contributed by atoms with Crippen LogP contribution in [-0.2, 0) is 25.1 Å². The van der Waals surface area contributed by atoms with Gasteiger partial charge in [-0.15, -0.1) is 11.3 Å². The fraction of sp³-hybridized carbons (Fsp3) is 0.333. The van der Waals surface area contributed by atoms with E-state index in [1.807, 2.05) is 12.1 Å². The lowest BCUT2D eigenvalue weighted by Crippen LogP contribution is -2.24. The smallest absolute Gasteiger partial charge is 0.263 e. The van der Waals surface area contributed by atoms with Gasteiger partial charge in [0.1, 0.15) is 10.6 Å². The van der Waals surface area contributed by atoms with Crippen LogP contribution in [0.1, 0.15) is 45.7 Å². The van der Waals surface area contributed by atoms with Crippen molar-refractivity contribution >= 4 is 33.3 Å². The topological polar surface area (TPSA) is 48.0 Å². The summed E-state index contributed by atoms with van der Waals surface area (Å²) in [6.07, 6.45) is 6.07. The molecule has 3 aromatic heterocycles. The van der Waals surface area contributed by atoms with Gasteiger partial charge in [-0.25, -0.2) is 4.98 Å². The molecule has 0 bridgehead atoms. The largest absolute Gasteiger partial charge is 0.467 e. The van der Waals surface area contributed by atoms with Crippen molar-refractivity contribution in [3.8, 4) is 0 Å². The second kappa shape index (κ2) is 8.08. The average Bonchev–Trinajstić information content (AvgIpc) is 3.38. The molecule has 154 valence electrons. The first-order valence-corrected chi connectivity index (χ1v) is 12.2. The Morgan fingerprint density at radius 3 is 2.83 bits per heavy atom. The number of rotatable bonds is 5. The lowest BCUT2D eigenvalue weighted by Gasteiger charge is -2.13. The number of aromatic nitrogens is 2. The van der Waals surface area contributed by atoms with Crippen LogP contribution >= 0.6 is 23.1 Å². The van der Waals surface area contributed by atoms with E-state index >= 15 is 0 Å². The van der Waals surface area contributed by atoms with Gasteiger partial charge in [-0.2, -0.15) is 0 Å². The van der Waals surface area contributed by atoms with E-state index in [0.29, 0.717) is 6.54 Å². The Labute approximate surface area is 184 Å². The SMILES string of the molecule is Cc1ccc(CSc2nc3sc4c(c3c(=O)n2Cc2ccco2)CCCC4)cc1C. The number of furan rings is 1. The van der Waals surface area contributed by atoms with Crippen molar-refractivity contribution in [3.63, 3.8) is 0 Å². The predicted octanol–water partition coefficient (Wildman–Crippen LogP) is 5.89. The van der Waals surface area contributed by atoms with Crippen LogP contribution in [0.25, 0.3) is 10.2 Å². The standard InChI is InChI=1S/C24H24N2O2S2/c1-15-9-10-17(12-16(15)2)14-29-24-25-22-21(19-7-3-4-8-20(19)30-22)23(27)26(24)13-18-6-5-11-28-18/h5-6,9-12H,3-4,7-8,13-14H2,1-2H3. The van der Waals surface area contributed by atoms with Gasteiger partial charge in [0, 0.05) is 10.6 Å². The normalized spacial score (nSPS) is 13.7. The third kappa shape index (κ3) is 3.63. The summed E-state index contributed by atoms with van der Waals surface area (Å²) in [6, 6.07) is 10.3. The summed E-state index contributed by atoms with van der Waals surface area (Å²) in [5.41, 5.74) is 5.13. The fourth-order valence-electron chi connectivity index (χ4n) is 4.07. The van der Waals surface area contributed by atoms with Gasteiger partial charge in [-0.1, -0.05) is 30.0 Å². The number of nitrogens with zero attached hydrogens (tertiary/aromatic N) is 2. The summed E-state index contributed by atoms with van der Waals surface area (Å²) in [6.45, 7) is 4.67. The minimum atomic E-state index is 0.0680. The molecule has 30 heavy (non-hydrogen) atoms. The Balaban J connectivity index is 1.57. The molecule has 1 aromatic carbocycles. The average molecular weight is 437 g/mol. The fourth-order valence-corrected chi connectivity index (χ4v) is 6.31. The maximum absolute atomic E-state index is 13.6. The third-order valence-corrected chi connectivity index (χ3v) is 8.11. The highest BCUT2D eigenvalue weighted by atomic mass is 32.2. The van der Waals surface area contributed by atoms with Crippen LogP contribution in [-0.4, -0.2) is 9.55 Å². The van der Waals surface area contributed by atoms with Crippen molar-refractivity contribution in [1.82, 2.24) is 9.55 Å². The number of thiophene rings is 1. The van der Waals surface area contributed by atoms with E-state index in [0.717, 1.165) is 46.1 Å². The molecule has 0 unspecified atom stereocenters. The molecule has 1 aliphatic carbocycles. The molecule has 4 nitrogen and oxygen atoms in total. The number of fused-ring (bicyclic) bond motifs is 3. The maximum atomic E-state index is 13.6. The third-order valence-electron chi connectivity index (χ3n) is 5.87. The zero-order valence-corrected chi connectivity index (χ0v) is 18.9. The van der Waals surface area contributed by atoms with Crippen molar-refractivity contribution in [3.05, 3.63) is 79.8 Å². The minimum Gasteiger partial charge on any atom is -0.467 e. The highest BCUT2D eigenvalue weighted by Gasteiger charge is 2.22. The molecule has 0 saturated heterocycles. The van der Waals surface area contributed by atoms with E-state index in [-0.39, 0.29) is 5.56 Å². The monoisotopic (exact) mass is 436 g/mol. The molecular weight excluding hydrogens is 412 g/mol. The molecule has 1 aliphatic rings. The number of benzene rings is 1. The zero-order chi connectivity index (χ0) is 20.7. The molecule has 0 spiro atoms. The molecule has 0 aliphatic heterocycles. The molecule has 0 saturated carbocycles.